The van der Waals surface area contributed by atoms with Gasteiger partial charge >= 0.3 is 0 Å². The third-order valence-corrected chi connectivity index (χ3v) is 1.63. The van der Waals surface area contributed by atoms with Gasteiger partial charge in [-0.2, -0.15) is 5.26 Å². The lowest BCUT2D eigenvalue weighted by Crippen LogP contribution is -2.30. The maximum atomic E-state index is 8.23. The SMILES string of the molecule is CC1OCCC1NC#N. The molecule has 3 heteroatoms. The molecule has 1 aliphatic rings. The molecule has 0 aromatic carbocycles. The molecule has 1 N–H and O–H groups in total. The highest BCUT2D eigenvalue weighted by Gasteiger charge is 2.22. The molecule has 0 aliphatic carbocycles. The Morgan fingerprint density at radius 3 is 3.00 bits per heavy atom. The molecule has 3 nitrogen and oxygen atoms in total. The number of nitriles is 1. The Bertz CT molecular complexity index is 130. The van der Waals surface area contributed by atoms with Gasteiger partial charge in [0.1, 0.15) is 0 Å². The van der Waals surface area contributed by atoms with Gasteiger partial charge in [-0.15, -0.1) is 0 Å². The maximum absolute atomic E-state index is 8.23. The molecule has 0 aromatic heterocycles. The van der Waals surface area contributed by atoms with Crippen LogP contribution in [0, 0.1) is 11.5 Å². The minimum atomic E-state index is 0.199. The van der Waals surface area contributed by atoms with Crippen LogP contribution in [0.1, 0.15) is 13.3 Å². The van der Waals surface area contributed by atoms with Crippen molar-refractivity contribution in [1.82, 2.24) is 5.32 Å². The van der Waals surface area contributed by atoms with Gasteiger partial charge in [0.15, 0.2) is 6.19 Å². The predicted octanol–water partition coefficient (Wildman–Crippen LogP) is 0.234. The van der Waals surface area contributed by atoms with Gasteiger partial charge in [-0.1, -0.05) is 0 Å². The van der Waals surface area contributed by atoms with Crippen LogP contribution in [-0.4, -0.2) is 18.8 Å². The minimum absolute atomic E-state index is 0.199. The zero-order valence-corrected chi connectivity index (χ0v) is 5.42. The van der Waals surface area contributed by atoms with Gasteiger partial charge in [0.2, 0.25) is 0 Å². The Balaban J connectivity index is 2.33. The van der Waals surface area contributed by atoms with Gasteiger partial charge in [-0.3, -0.25) is 0 Å². The summed E-state index contributed by atoms with van der Waals surface area (Å²) in [6.07, 6.45) is 3.06. The average molecular weight is 126 g/mol. The summed E-state index contributed by atoms with van der Waals surface area (Å²) >= 11 is 0. The quantitative estimate of drug-likeness (QED) is 0.404. The fourth-order valence-corrected chi connectivity index (χ4v) is 1.00. The van der Waals surface area contributed by atoms with E-state index < -0.39 is 0 Å². The van der Waals surface area contributed by atoms with E-state index in [-0.39, 0.29) is 12.1 Å². The number of ether oxygens (including phenoxy) is 1. The number of nitrogens with zero attached hydrogens (tertiary/aromatic N) is 1. The Labute approximate surface area is 54.6 Å². The van der Waals surface area contributed by atoms with Crippen molar-refractivity contribution in [2.45, 2.75) is 25.5 Å². The first-order chi connectivity index (χ1) is 4.34. The van der Waals surface area contributed by atoms with Crippen molar-refractivity contribution in [2.24, 2.45) is 0 Å². The normalized spacial score (nSPS) is 33.8. The summed E-state index contributed by atoms with van der Waals surface area (Å²) in [7, 11) is 0. The summed E-state index contributed by atoms with van der Waals surface area (Å²) in [4.78, 5) is 0. The number of hydrogen-bond donors (Lipinski definition) is 1. The smallest absolute Gasteiger partial charge is 0.176 e. The monoisotopic (exact) mass is 126 g/mol. The van der Waals surface area contributed by atoms with Gasteiger partial charge < -0.3 is 10.1 Å². The number of hydrogen-bond acceptors (Lipinski definition) is 3. The third-order valence-electron chi connectivity index (χ3n) is 1.63. The lowest BCUT2D eigenvalue weighted by molar-refractivity contribution is 0.116. The van der Waals surface area contributed by atoms with Crippen molar-refractivity contribution in [3.05, 3.63) is 0 Å². The van der Waals surface area contributed by atoms with Crippen LogP contribution in [0.25, 0.3) is 0 Å². The molecule has 1 fully saturated rings. The van der Waals surface area contributed by atoms with E-state index >= 15 is 0 Å². The van der Waals surface area contributed by atoms with Crippen molar-refractivity contribution < 1.29 is 4.74 Å². The molecule has 1 aliphatic heterocycles. The van der Waals surface area contributed by atoms with Crippen LogP contribution in [-0.2, 0) is 4.74 Å². The molecule has 0 radical (unpaired) electrons. The highest BCUT2D eigenvalue weighted by molar-refractivity contribution is 4.84. The topological polar surface area (TPSA) is 45.0 Å². The Morgan fingerprint density at radius 2 is 2.56 bits per heavy atom. The third kappa shape index (κ3) is 1.33. The standard InChI is InChI=1S/C6H10N2O/c1-5-6(8-4-7)2-3-9-5/h5-6,8H,2-3H2,1H3. The van der Waals surface area contributed by atoms with Crippen molar-refractivity contribution in [3.8, 4) is 6.19 Å². The van der Waals surface area contributed by atoms with Crippen LogP contribution in [0.15, 0.2) is 0 Å². The molecule has 2 unspecified atom stereocenters. The molecule has 2 atom stereocenters. The van der Waals surface area contributed by atoms with Crippen LogP contribution in [0.3, 0.4) is 0 Å². The molecule has 1 saturated heterocycles. The molecule has 1 rings (SSSR count). The summed E-state index contributed by atoms with van der Waals surface area (Å²) in [6.45, 7) is 2.75. The fraction of sp³-hybridized carbons (Fsp3) is 0.833. The molecule has 0 saturated carbocycles. The maximum Gasteiger partial charge on any atom is 0.176 e. The van der Waals surface area contributed by atoms with Gasteiger partial charge in [-0.25, -0.2) is 0 Å². The lowest BCUT2D eigenvalue weighted by Gasteiger charge is -2.09. The first-order valence-corrected chi connectivity index (χ1v) is 3.11. The molecule has 9 heavy (non-hydrogen) atoms. The van der Waals surface area contributed by atoms with Crippen LogP contribution in [0.5, 0.6) is 0 Å². The van der Waals surface area contributed by atoms with E-state index in [1.54, 1.807) is 0 Å². The van der Waals surface area contributed by atoms with E-state index in [0.717, 1.165) is 13.0 Å². The van der Waals surface area contributed by atoms with E-state index in [1.807, 2.05) is 13.1 Å². The van der Waals surface area contributed by atoms with Crippen molar-refractivity contribution in [3.63, 3.8) is 0 Å². The predicted molar refractivity (Wildman–Crippen MR) is 32.6 cm³/mol. The van der Waals surface area contributed by atoms with E-state index in [2.05, 4.69) is 5.32 Å². The molecule has 0 amide bonds. The van der Waals surface area contributed by atoms with E-state index in [9.17, 15) is 0 Å². The highest BCUT2D eigenvalue weighted by Crippen LogP contribution is 2.11. The second kappa shape index (κ2) is 2.70. The second-order valence-electron chi connectivity index (χ2n) is 2.23. The van der Waals surface area contributed by atoms with Crippen molar-refractivity contribution in [2.75, 3.05) is 6.61 Å². The Hall–Kier alpha value is -0.750. The summed E-state index contributed by atoms with van der Waals surface area (Å²) in [6, 6.07) is 0.245. The van der Waals surface area contributed by atoms with Crippen LogP contribution < -0.4 is 5.32 Å². The van der Waals surface area contributed by atoms with Gasteiger partial charge in [-0.05, 0) is 13.3 Å². The van der Waals surface area contributed by atoms with Gasteiger partial charge in [0.05, 0.1) is 12.1 Å². The summed E-state index contributed by atoms with van der Waals surface area (Å²) in [5, 5.41) is 10.9. The molecular weight excluding hydrogens is 116 g/mol. The Kier molecular flexibility index (Phi) is 1.91. The van der Waals surface area contributed by atoms with E-state index in [4.69, 9.17) is 10.00 Å². The molecule has 0 bridgehead atoms. The zero-order valence-electron chi connectivity index (χ0n) is 5.42. The Morgan fingerprint density at radius 1 is 1.78 bits per heavy atom. The second-order valence-corrected chi connectivity index (χ2v) is 2.23. The first kappa shape index (κ1) is 6.37. The highest BCUT2D eigenvalue weighted by atomic mass is 16.5. The summed E-state index contributed by atoms with van der Waals surface area (Å²) in [5.41, 5.74) is 0. The fourth-order valence-electron chi connectivity index (χ4n) is 1.00. The number of nitrogens with one attached hydrogen (secondary N) is 1. The van der Waals surface area contributed by atoms with Crippen LogP contribution in [0.2, 0.25) is 0 Å². The molecule has 0 spiro atoms. The number of rotatable bonds is 1. The van der Waals surface area contributed by atoms with E-state index in [1.165, 1.54) is 0 Å². The molecule has 0 aromatic rings. The average Bonchev–Trinajstić information content (AvgIpc) is 2.18. The molecule has 1 heterocycles. The summed E-state index contributed by atoms with van der Waals surface area (Å²) in [5.74, 6) is 0. The molecular formula is C6H10N2O. The lowest BCUT2D eigenvalue weighted by atomic mass is 10.2. The van der Waals surface area contributed by atoms with Crippen molar-refractivity contribution in [1.29, 1.82) is 5.26 Å². The van der Waals surface area contributed by atoms with Crippen molar-refractivity contribution >= 4 is 0 Å². The minimum Gasteiger partial charge on any atom is -0.376 e. The van der Waals surface area contributed by atoms with Crippen LogP contribution in [0.4, 0.5) is 0 Å². The van der Waals surface area contributed by atoms with E-state index in [0.29, 0.717) is 0 Å². The van der Waals surface area contributed by atoms with Crippen LogP contribution >= 0.6 is 0 Å². The largest absolute Gasteiger partial charge is 0.376 e. The van der Waals surface area contributed by atoms with Gasteiger partial charge in [0.25, 0.3) is 0 Å². The van der Waals surface area contributed by atoms with Gasteiger partial charge in [0, 0.05) is 6.61 Å². The summed E-state index contributed by atoms with van der Waals surface area (Å²) < 4.78 is 5.20. The molecule has 50 valence electrons. The first-order valence-electron chi connectivity index (χ1n) is 3.11. The zero-order chi connectivity index (χ0) is 6.69.